The summed E-state index contributed by atoms with van der Waals surface area (Å²) in [5.74, 6) is 5.64. The van der Waals surface area contributed by atoms with E-state index < -0.39 is 0 Å². The molecule has 5 heteroatoms. The van der Waals surface area contributed by atoms with E-state index in [1.807, 2.05) is 12.3 Å². The van der Waals surface area contributed by atoms with Crippen LogP contribution < -0.4 is 5.32 Å². The highest BCUT2D eigenvalue weighted by atomic mass is 32.1. The van der Waals surface area contributed by atoms with Gasteiger partial charge in [0.15, 0.2) is 0 Å². The van der Waals surface area contributed by atoms with Gasteiger partial charge in [0, 0.05) is 24.1 Å². The van der Waals surface area contributed by atoms with Crippen LogP contribution in [-0.4, -0.2) is 36.9 Å². The molecule has 19 heavy (non-hydrogen) atoms. The molecule has 1 aliphatic heterocycles. The number of aliphatic hydroxyl groups is 1. The standard InChI is InChI=1S/C14H17NO3S/c1-10(12-4-7-18-9-12)15-14(17)13-11(3-2-6-16)5-8-19-13/h5,8,10,12,16H,4,6-7,9H2,1H3,(H,15,17). The zero-order valence-electron chi connectivity index (χ0n) is 10.8. The molecule has 0 spiro atoms. The highest BCUT2D eigenvalue weighted by Crippen LogP contribution is 2.19. The number of hydrogen-bond acceptors (Lipinski definition) is 4. The molecule has 2 unspecified atom stereocenters. The van der Waals surface area contributed by atoms with Gasteiger partial charge >= 0.3 is 0 Å². The lowest BCUT2D eigenvalue weighted by Gasteiger charge is -2.18. The molecule has 0 aliphatic carbocycles. The Balaban J connectivity index is 2.01. The molecule has 0 bridgehead atoms. The fourth-order valence-corrected chi connectivity index (χ4v) is 2.81. The van der Waals surface area contributed by atoms with Crippen LogP contribution in [0.3, 0.4) is 0 Å². The Labute approximate surface area is 116 Å². The number of ether oxygens (including phenoxy) is 1. The van der Waals surface area contributed by atoms with E-state index in [1.54, 1.807) is 6.07 Å². The Morgan fingerprint density at radius 1 is 1.74 bits per heavy atom. The van der Waals surface area contributed by atoms with Gasteiger partial charge in [-0.3, -0.25) is 4.79 Å². The van der Waals surface area contributed by atoms with Crippen molar-refractivity contribution in [1.29, 1.82) is 0 Å². The van der Waals surface area contributed by atoms with Gasteiger partial charge in [0.05, 0.1) is 6.61 Å². The lowest BCUT2D eigenvalue weighted by Crippen LogP contribution is -2.38. The molecule has 2 atom stereocenters. The van der Waals surface area contributed by atoms with Gasteiger partial charge in [-0.2, -0.15) is 0 Å². The number of amides is 1. The van der Waals surface area contributed by atoms with Gasteiger partial charge in [-0.25, -0.2) is 0 Å². The second-order valence-electron chi connectivity index (χ2n) is 4.51. The van der Waals surface area contributed by atoms with E-state index in [0.717, 1.165) is 13.0 Å². The van der Waals surface area contributed by atoms with E-state index in [-0.39, 0.29) is 18.6 Å². The van der Waals surface area contributed by atoms with Gasteiger partial charge in [0.2, 0.25) is 0 Å². The minimum absolute atomic E-state index is 0.0933. The average Bonchev–Trinajstić information content (AvgIpc) is 3.07. The number of carbonyl (C=O) groups is 1. The molecule has 1 amide bonds. The van der Waals surface area contributed by atoms with Gasteiger partial charge in [0.25, 0.3) is 5.91 Å². The zero-order valence-corrected chi connectivity index (χ0v) is 11.6. The topological polar surface area (TPSA) is 58.6 Å². The summed E-state index contributed by atoms with van der Waals surface area (Å²) in [6.07, 6.45) is 0.989. The summed E-state index contributed by atoms with van der Waals surface area (Å²) in [5, 5.41) is 13.5. The third-order valence-corrected chi connectivity index (χ3v) is 4.12. The van der Waals surface area contributed by atoms with Crippen LogP contribution in [0.15, 0.2) is 11.4 Å². The van der Waals surface area contributed by atoms with Crippen LogP contribution in [0.4, 0.5) is 0 Å². The maximum atomic E-state index is 12.2. The molecule has 1 aromatic heterocycles. The van der Waals surface area contributed by atoms with Crippen LogP contribution in [-0.2, 0) is 4.74 Å². The molecular formula is C14H17NO3S. The number of carbonyl (C=O) groups excluding carboxylic acids is 1. The quantitative estimate of drug-likeness (QED) is 0.819. The second kappa shape index (κ2) is 6.71. The van der Waals surface area contributed by atoms with E-state index in [0.29, 0.717) is 23.0 Å². The van der Waals surface area contributed by atoms with Crippen molar-refractivity contribution in [2.45, 2.75) is 19.4 Å². The van der Waals surface area contributed by atoms with Crippen molar-refractivity contribution in [1.82, 2.24) is 5.32 Å². The molecule has 1 aliphatic rings. The lowest BCUT2D eigenvalue weighted by molar-refractivity contribution is 0.0926. The van der Waals surface area contributed by atoms with Gasteiger partial charge in [-0.15, -0.1) is 11.3 Å². The second-order valence-corrected chi connectivity index (χ2v) is 5.43. The lowest BCUT2D eigenvalue weighted by atomic mass is 10.0. The van der Waals surface area contributed by atoms with Crippen LogP contribution in [0, 0.1) is 17.8 Å². The van der Waals surface area contributed by atoms with Crippen molar-refractivity contribution in [2.24, 2.45) is 5.92 Å². The molecule has 2 N–H and O–H groups in total. The highest BCUT2D eigenvalue weighted by molar-refractivity contribution is 7.12. The van der Waals surface area contributed by atoms with E-state index in [1.165, 1.54) is 11.3 Å². The summed E-state index contributed by atoms with van der Waals surface area (Å²) in [7, 11) is 0. The van der Waals surface area contributed by atoms with Gasteiger partial charge in [-0.05, 0) is 24.8 Å². The first-order valence-corrected chi connectivity index (χ1v) is 7.16. The fourth-order valence-electron chi connectivity index (χ4n) is 2.06. The average molecular weight is 279 g/mol. The molecular weight excluding hydrogens is 262 g/mol. The fraction of sp³-hybridized carbons (Fsp3) is 0.500. The Morgan fingerprint density at radius 2 is 2.58 bits per heavy atom. The molecule has 1 aromatic rings. The molecule has 0 saturated carbocycles. The summed E-state index contributed by atoms with van der Waals surface area (Å²) < 4.78 is 5.33. The summed E-state index contributed by atoms with van der Waals surface area (Å²) in [5.41, 5.74) is 0.673. The van der Waals surface area contributed by atoms with Gasteiger partial charge in [-0.1, -0.05) is 11.8 Å². The predicted molar refractivity (Wildman–Crippen MR) is 74.1 cm³/mol. The summed E-state index contributed by atoms with van der Waals surface area (Å²) in [6.45, 7) is 3.29. The van der Waals surface area contributed by atoms with Crippen LogP contribution in [0.1, 0.15) is 28.6 Å². The maximum absolute atomic E-state index is 12.2. The van der Waals surface area contributed by atoms with E-state index in [4.69, 9.17) is 9.84 Å². The molecule has 4 nitrogen and oxygen atoms in total. The smallest absolute Gasteiger partial charge is 0.262 e. The first-order chi connectivity index (χ1) is 9.22. The third kappa shape index (κ3) is 3.57. The van der Waals surface area contributed by atoms with Crippen LogP contribution in [0.5, 0.6) is 0 Å². The van der Waals surface area contributed by atoms with E-state index >= 15 is 0 Å². The molecule has 1 fully saturated rings. The Hall–Kier alpha value is -1.35. The van der Waals surface area contributed by atoms with Crippen molar-refractivity contribution in [3.05, 3.63) is 21.9 Å². The third-order valence-electron chi connectivity index (χ3n) is 3.20. The largest absolute Gasteiger partial charge is 0.384 e. The van der Waals surface area contributed by atoms with Crippen molar-refractivity contribution < 1.29 is 14.6 Å². The molecule has 1 saturated heterocycles. The molecule has 0 aromatic carbocycles. The molecule has 2 rings (SSSR count). The molecule has 2 heterocycles. The number of nitrogens with one attached hydrogen (secondary N) is 1. The number of thiophene rings is 1. The van der Waals surface area contributed by atoms with Crippen molar-refractivity contribution in [3.63, 3.8) is 0 Å². The number of aliphatic hydroxyl groups excluding tert-OH is 1. The first-order valence-electron chi connectivity index (χ1n) is 6.28. The van der Waals surface area contributed by atoms with Crippen molar-refractivity contribution in [2.75, 3.05) is 19.8 Å². The van der Waals surface area contributed by atoms with Crippen LogP contribution in [0.25, 0.3) is 0 Å². The Bertz CT molecular complexity index is 494. The molecule has 0 radical (unpaired) electrons. The summed E-state index contributed by atoms with van der Waals surface area (Å²) in [4.78, 5) is 12.8. The molecule has 102 valence electrons. The number of hydrogen-bond donors (Lipinski definition) is 2. The Kier molecular flexibility index (Phi) is 4.97. The number of rotatable bonds is 3. The maximum Gasteiger partial charge on any atom is 0.262 e. The summed E-state index contributed by atoms with van der Waals surface area (Å²) in [6, 6.07) is 1.89. The predicted octanol–water partition coefficient (Wildman–Crippen LogP) is 1.25. The monoisotopic (exact) mass is 279 g/mol. The van der Waals surface area contributed by atoms with Crippen LogP contribution in [0.2, 0.25) is 0 Å². The summed E-state index contributed by atoms with van der Waals surface area (Å²) >= 11 is 1.37. The minimum atomic E-state index is -0.202. The van der Waals surface area contributed by atoms with Crippen molar-refractivity contribution >= 4 is 17.2 Å². The highest BCUT2D eigenvalue weighted by Gasteiger charge is 2.24. The van der Waals surface area contributed by atoms with E-state index in [9.17, 15) is 4.79 Å². The van der Waals surface area contributed by atoms with Crippen molar-refractivity contribution in [3.8, 4) is 11.8 Å². The zero-order chi connectivity index (χ0) is 13.7. The van der Waals surface area contributed by atoms with E-state index in [2.05, 4.69) is 17.2 Å². The van der Waals surface area contributed by atoms with Gasteiger partial charge in [0.1, 0.15) is 11.5 Å². The Morgan fingerprint density at radius 3 is 3.26 bits per heavy atom. The van der Waals surface area contributed by atoms with Crippen LogP contribution >= 0.6 is 11.3 Å². The first kappa shape index (κ1) is 14.1. The SMILES string of the molecule is CC(NC(=O)c1sccc1C#CCO)C1CCOC1. The normalized spacial score (nSPS) is 19.6. The minimum Gasteiger partial charge on any atom is -0.384 e. The van der Waals surface area contributed by atoms with Gasteiger partial charge < -0.3 is 15.2 Å².